The van der Waals surface area contributed by atoms with E-state index in [9.17, 15) is 14.4 Å². The Morgan fingerprint density at radius 3 is 2.27 bits per heavy atom. The summed E-state index contributed by atoms with van der Waals surface area (Å²) in [5.41, 5.74) is 0.140. The van der Waals surface area contributed by atoms with Crippen LogP contribution in [-0.4, -0.2) is 35.5 Å². The molecule has 0 spiro atoms. The van der Waals surface area contributed by atoms with Gasteiger partial charge in [0.1, 0.15) is 5.60 Å². The van der Waals surface area contributed by atoms with E-state index in [1.807, 2.05) is 13.8 Å². The summed E-state index contributed by atoms with van der Waals surface area (Å²) in [7, 11) is 0. The van der Waals surface area contributed by atoms with Crippen LogP contribution in [0.4, 0.5) is 4.79 Å². The smallest absolute Gasteiger partial charge is 0.408 e. The second-order valence-electron chi connectivity index (χ2n) is 7.41. The largest absolute Gasteiger partial charge is 0.444 e. The minimum Gasteiger partial charge on any atom is -0.444 e. The Balaban J connectivity index is 2.88. The van der Waals surface area contributed by atoms with Gasteiger partial charge in [0.15, 0.2) is 5.78 Å². The number of nitrogens with one attached hydrogen (secondary N) is 2. The molecule has 0 heterocycles. The van der Waals surface area contributed by atoms with Crippen LogP contribution >= 0.6 is 11.6 Å². The van der Waals surface area contributed by atoms with Gasteiger partial charge in [-0.05, 0) is 53.2 Å². The van der Waals surface area contributed by atoms with Gasteiger partial charge in [0.05, 0.1) is 16.6 Å². The van der Waals surface area contributed by atoms with Crippen molar-refractivity contribution in [2.75, 3.05) is 0 Å². The molecule has 2 N–H and O–H groups in total. The molecule has 1 aromatic rings. The molecule has 1 rings (SSSR count). The number of Topliss-reactive ketones (excluding diaryl/α,β-unsaturated/α-hetero) is 1. The van der Waals surface area contributed by atoms with E-state index in [0.29, 0.717) is 5.56 Å². The van der Waals surface area contributed by atoms with Crippen molar-refractivity contribution in [3.05, 3.63) is 34.3 Å². The summed E-state index contributed by atoms with van der Waals surface area (Å²) in [5, 5.41) is 5.56. The average molecular weight is 383 g/mol. The molecule has 0 radical (unpaired) electrons. The van der Waals surface area contributed by atoms with Crippen LogP contribution in [0, 0.1) is 0 Å². The van der Waals surface area contributed by atoms with Crippen LogP contribution in [0.2, 0.25) is 5.02 Å². The lowest BCUT2D eigenvalue weighted by atomic mass is 9.99. The van der Waals surface area contributed by atoms with E-state index in [1.165, 1.54) is 0 Å². The Morgan fingerprint density at radius 1 is 1.12 bits per heavy atom. The Morgan fingerprint density at radius 2 is 1.73 bits per heavy atom. The van der Waals surface area contributed by atoms with Crippen molar-refractivity contribution in [2.45, 2.75) is 65.6 Å². The number of hydrogen-bond donors (Lipinski definition) is 2. The molecule has 0 aliphatic carbocycles. The molecular formula is C19H27ClN2O4. The molecule has 0 saturated heterocycles. The average Bonchev–Trinajstić information content (AvgIpc) is 2.43. The summed E-state index contributed by atoms with van der Waals surface area (Å²) in [6, 6.07) is 4.15. The van der Waals surface area contributed by atoms with Crippen molar-refractivity contribution < 1.29 is 19.1 Å². The van der Waals surface area contributed by atoms with Crippen LogP contribution in [0.15, 0.2) is 18.2 Å². The van der Waals surface area contributed by atoms with E-state index in [1.54, 1.807) is 45.9 Å². The first-order chi connectivity index (χ1) is 11.9. The number of carbonyl (C=O) groups excluding carboxylic acids is 3. The van der Waals surface area contributed by atoms with E-state index in [-0.39, 0.29) is 34.7 Å². The zero-order chi connectivity index (χ0) is 20.1. The highest BCUT2D eigenvalue weighted by Gasteiger charge is 2.23. The van der Waals surface area contributed by atoms with Gasteiger partial charge in [-0.25, -0.2) is 4.79 Å². The summed E-state index contributed by atoms with van der Waals surface area (Å²) in [4.78, 5) is 36.7. The first kappa shape index (κ1) is 22.0. The van der Waals surface area contributed by atoms with Gasteiger partial charge in [0.25, 0.3) is 5.91 Å². The SMILES string of the molecule is CC(C)NC(=O)c1c(Cl)cccc1CC(=O)[C@H](C)NC(=O)OC(C)(C)C. The van der Waals surface area contributed by atoms with Crippen LogP contribution in [0.3, 0.4) is 0 Å². The van der Waals surface area contributed by atoms with Gasteiger partial charge in [-0.3, -0.25) is 9.59 Å². The number of ketones is 1. The number of carbonyl (C=O) groups is 3. The van der Waals surface area contributed by atoms with E-state index < -0.39 is 17.7 Å². The second kappa shape index (κ2) is 9.03. The predicted molar refractivity (Wildman–Crippen MR) is 102 cm³/mol. The molecule has 0 fully saturated rings. The summed E-state index contributed by atoms with van der Waals surface area (Å²) in [5.74, 6) is -0.585. The van der Waals surface area contributed by atoms with Crippen LogP contribution in [0.1, 0.15) is 57.5 Å². The third-order valence-electron chi connectivity index (χ3n) is 3.33. The highest BCUT2D eigenvalue weighted by molar-refractivity contribution is 6.34. The van der Waals surface area contributed by atoms with Crippen molar-refractivity contribution >= 4 is 29.4 Å². The molecule has 1 atom stereocenters. The van der Waals surface area contributed by atoms with E-state index in [0.717, 1.165) is 0 Å². The summed E-state index contributed by atoms with van der Waals surface area (Å²) < 4.78 is 5.15. The second-order valence-corrected chi connectivity index (χ2v) is 7.82. The molecule has 26 heavy (non-hydrogen) atoms. The maximum Gasteiger partial charge on any atom is 0.408 e. The quantitative estimate of drug-likeness (QED) is 0.788. The van der Waals surface area contributed by atoms with Gasteiger partial charge < -0.3 is 15.4 Å². The molecular weight excluding hydrogens is 356 g/mol. The predicted octanol–water partition coefficient (Wildman–Crippen LogP) is 3.50. The molecule has 1 aromatic carbocycles. The fourth-order valence-electron chi connectivity index (χ4n) is 2.21. The minimum atomic E-state index is -0.759. The van der Waals surface area contributed by atoms with Crippen molar-refractivity contribution in [3.8, 4) is 0 Å². The van der Waals surface area contributed by atoms with Gasteiger partial charge in [0, 0.05) is 12.5 Å². The maximum atomic E-state index is 12.5. The van der Waals surface area contributed by atoms with E-state index in [2.05, 4.69) is 10.6 Å². The standard InChI is InChI=1S/C19H27ClN2O4/c1-11(2)21-17(24)16-13(8-7-9-14(16)20)10-15(23)12(3)22-18(25)26-19(4,5)6/h7-9,11-12H,10H2,1-6H3,(H,21,24)(H,22,25)/t12-/m0/s1. The molecule has 0 aliphatic rings. The Hall–Kier alpha value is -2.08. The summed E-state index contributed by atoms with van der Waals surface area (Å²) in [6.45, 7) is 10.5. The molecule has 6 nitrogen and oxygen atoms in total. The number of rotatable bonds is 6. The minimum absolute atomic E-state index is 0.0294. The van der Waals surface area contributed by atoms with Gasteiger partial charge in [-0.1, -0.05) is 23.7 Å². The lowest BCUT2D eigenvalue weighted by Gasteiger charge is -2.21. The number of ether oxygens (including phenoxy) is 1. The van der Waals surface area contributed by atoms with Crippen molar-refractivity contribution in [1.82, 2.24) is 10.6 Å². The Bertz CT molecular complexity index is 681. The number of alkyl carbamates (subject to hydrolysis) is 1. The molecule has 0 unspecified atom stereocenters. The lowest BCUT2D eigenvalue weighted by molar-refractivity contribution is -0.120. The molecule has 7 heteroatoms. The van der Waals surface area contributed by atoms with Crippen LogP contribution in [-0.2, 0) is 16.0 Å². The van der Waals surface area contributed by atoms with Crippen LogP contribution in [0.5, 0.6) is 0 Å². The molecule has 0 saturated carbocycles. The highest BCUT2D eigenvalue weighted by atomic mass is 35.5. The monoisotopic (exact) mass is 382 g/mol. The topological polar surface area (TPSA) is 84.5 Å². The number of hydrogen-bond acceptors (Lipinski definition) is 4. The Kier molecular flexibility index (Phi) is 7.63. The number of halogens is 1. The van der Waals surface area contributed by atoms with Gasteiger partial charge in [-0.15, -0.1) is 0 Å². The zero-order valence-electron chi connectivity index (χ0n) is 16.1. The third-order valence-corrected chi connectivity index (χ3v) is 3.64. The zero-order valence-corrected chi connectivity index (χ0v) is 16.9. The first-order valence-corrected chi connectivity index (χ1v) is 8.89. The van der Waals surface area contributed by atoms with Crippen LogP contribution < -0.4 is 10.6 Å². The highest BCUT2D eigenvalue weighted by Crippen LogP contribution is 2.21. The van der Waals surface area contributed by atoms with E-state index in [4.69, 9.17) is 16.3 Å². The summed E-state index contributed by atoms with van der Waals surface area (Å²) in [6.07, 6.45) is -0.694. The molecule has 0 aromatic heterocycles. The molecule has 0 bridgehead atoms. The summed E-state index contributed by atoms with van der Waals surface area (Å²) >= 11 is 6.17. The number of amides is 2. The van der Waals surface area contributed by atoms with E-state index >= 15 is 0 Å². The lowest BCUT2D eigenvalue weighted by Crippen LogP contribution is -2.42. The number of benzene rings is 1. The fourth-order valence-corrected chi connectivity index (χ4v) is 2.49. The van der Waals surface area contributed by atoms with Gasteiger partial charge in [-0.2, -0.15) is 0 Å². The van der Waals surface area contributed by atoms with Crippen molar-refractivity contribution in [1.29, 1.82) is 0 Å². The van der Waals surface area contributed by atoms with Crippen molar-refractivity contribution in [2.24, 2.45) is 0 Å². The Labute approximate surface area is 159 Å². The molecule has 144 valence electrons. The maximum absolute atomic E-state index is 12.5. The fraction of sp³-hybridized carbons (Fsp3) is 0.526. The van der Waals surface area contributed by atoms with Gasteiger partial charge >= 0.3 is 6.09 Å². The third kappa shape index (κ3) is 7.04. The van der Waals surface area contributed by atoms with Crippen LogP contribution in [0.25, 0.3) is 0 Å². The van der Waals surface area contributed by atoms with Crippen molar-refractivity contribution in [3.63, 3.8) is 0 Å². The molecule has 2 amide bonds. The first-order valence-electron chi connectivity index (χ1n) is 8.51. The van der Waals surface area contributed by atoms with Gasteiger partial charge in [0.2, 0.25) is 0 Å². The molecule has 0 aliphatic heterocycles. The normalized spacial score (nSPS) is 12.5.